The van der Waals surface area contributed by atoms with Crippen molar-refractivity contribution in [3.63, 3.8) is 0 Å². The first-order chi connectivity index (χ1) is 8.52. The SMILES string of the molecule is CC(=O)NC(CS)C(=O)NCc1cccc(F)c1. The van der Waals surface area contributed by atoms with Crippen LogP contribution in [0.15, 0.2) is 24.3 Å². The van der Waals surface area contributed by atoms with Crippen LogP contribution in [-0.4, -0.2) is 23.6 Å². The van der Waals surface area contributed by atoms with E-state index in [1.54, 1.807) is 12.1 Å². The first kappa shape index (κ1) is 14.5. The molecule has 1 unspecified atom stereocenters. The molecule has 0 saturated heterocycles. The molecule has 0 aliphatic rings. The van der Waals surface area contributed by atoms with E-state index < -0.39 is 6.04 Å². The second kappa shape index (κ2) is 7.00. The van der Waals surface area contributed by atoms with Gasteiger partial charge in [0.05, 0.1) is 0 Å². The molecule has 2 amide bonds. The minimum absolute atomic E-state index is 0.203. The molecule has 1 rings (SSSR count). The zero-order chi connectivity index (χ0) is 13.5. The Morgan fingerprint density at radius 3 is 2.72 bits per heavy atom. The molecular weight excluding hydrogens is 255 g/mol. The number of halogens is 1. The normalized spacial score (nSPS) is 11.7. The van der Waals surface area contributed by atoms with E-state index in [9.17, 15) is 14.0 Å². The van der Waals surface area contributed by atoms with Gasteiger partial charge in [-0.2, -0.15) is 12.6 Å². The van der Waals surface area contributed by atoms with Crippen LogP contribution in [0, 0.1) is 5.82 Å². The van der Waals surface area contributed by atoms with Gasteiger partial charge < -0.3 is 10.6 Å². The molecule has 6 heteroatoms. The van der Waals surface area contributed by atoms with E-state index in [0.29, 0.717) is 5.56 Å². The zero-order valence-electron chi connectivity index (χ0n) is 9.94. The van der Waals surface area contributed by atoms with Gasteiger partial charge in [0.15, 0.2) is 0 Å². The maximum absolute atomic E-state index is 12.9. The number of rotatable bonds is 5. The predicted octanol–water partition coefficient (Wildman–Crippen LogP) is 0.876. The van der Waals surface area contributed by atoms with E-state index in [2.05, 4.69) is 23.3 Å². The van der Waals surface area contributed by atoms with Crippen LogP contribution in [0.2, 0.25) is 0 Å². The number of carbonyl (C=O) groups excluding carboxylic acids is 2. The Morgan fingerprint density at radius 1 is 1.44 bits per heavy atom. The van der Waals surface area contributed by atoms with Gasteiger partial charge in [-0.05, 0) is 17.7 Å². The third kappa shape index (κ3) is 4.75. The van der Waals surface area contributed by atoms with Crippen molar-refractivity contribution in [2.75, 3.05) is 5.75 Å². The number of benzene rings is 1. The fourth-order valence-corrected chi connectivity index (χ4v) is 1.66. The third-order valence-electron chi connectivity index (χ3n) is 2.23. The summed E-state index contributed by atoms with van der Waals surface area (Å²) in [5, 5.41) is 5.09. The quantitative estimate of drug-likeness (QED) is 0.696. The van der Waals surface area contributed by atoms with Crippen molar-refractivity contribution in [3.8, 4) is 0 Å². The van der Waals surface area contributed by atoms with E-state index in [1.165, 1.54) is 19.1 Å². The third-order valence-corrected chi connectivity index (χ3v) is 2.60. The molecular formula is C12H15FN2O2S. The summed E-state index contributed by atoms with van der Waals surface area (Å²) >= 11 is 3.99. The lowest BCUT2D eigenvalue weighted by atomic mass is 10.2. The monoisotopic (exact) mass is 270 g/mol. The molecule has 1 atom stereocenters. The topological polar surface area (TPSA) is 58.2 Å². The van der Waals surface area contributed by atoms with Crippen molar-refractivity contribution in [2.45, 2.75) is 19.5 Å². The Kier molecular flexibility index (Phi) is 5.64. The fraction of sp³-hybridized carbons (Fsp3) is 0.333. The van der Waals surface area contributed by atoms with Crippen LogP contribution in [0.4, 0.5) is 4.39 Å². The Bertz CT molecular complexity index is 440. The summed E-state index contributed by atoms with van der Waals surface area (Å²) in [7, 11) is 0. The van der Waals surface area contributed by atoms with E-state index in [4.69, 9.17) is 0 Å². The van der Waals surface area contributed by atoms with Crippen LogP contribution in [0.1, 0.15) is 12.5 Å². The number of hydrogen-bond acceptors (Lipinski definition) is 3. The Morgan fingerprint density at radius 2 is 2.17 bits per heavy atom. The maximum Gasteiger partial charge on any atom is 0.243 e. The van der Waals surface area contributed by atoms with Crippen LogP contribution in [-0.2, 0) is 16.1 Å². The van der Waals surface area contributed by atoms with Crippen molar-refractivity contribution in [3.05, 3.63) is 35.6 Å². The summed E-state index contributed by atoms with van der Waals surface area (Å²) in [5.41, 5.74) is 0.657. The number of carbonyl (C=O) groups is 2. The zero-order valence-corrected chi connectivity index (χ0v) is 10.8. The molecule has 1 aromatic rings. The van der Waals surface area contributed by atoms with Gasteiger partial charge in [-0.1, -0.05) is 12.1 Å². The Labute approximate surface area is 110 Å². The van der Waals surface area contributed by atoms with Gasteiger partial charge in [-0.3, -0.25) is 9.59 Å². The van der Waals surface area contributed by atoms with Crippen LogP contribution < -0.4 is 10.6 Å². The lowest BCUT2D eigenvalue weighted by Gasteiger charge is -2.15. The lowest BCUT2D eigenvalue weighted by molar-refractivity contribution is -0.127. The minimum atomic E-state index is -0.681. The van der Waals surface area contributed by atoms with Crippen LogP contribution in [0.3, 0.4) is 0 Å². The van der Waals surface area contributed by atoms with Crippen LogP contribution in [0.25, 0.3) is 0 Å². The van der Waals surface area contributed by atoms with Gasteiger partial charge in [-0.25, -0.2) is 4.39 Å². The number of nitrogens with one attached hydrogen (secondary N) is 2. The Balaban J connectivity index is 2.51. The van der Waals surface area contributed by atoms with Crippen LogP contribution >= 0.6 is 12.6 Å². The van der Waals surface area contributed by atoms with Crippen LogP contribution in [0.5, 0.6) is 0 Å². The molecule has 2 N–H and O–H groups in total. The van der Waals surface area contributed by atoms with Gasteiger partial charge in [0.25, 0.3) is 0 Å². The second-order valence-electron chi connectivity index (χ2n) is 3.78. The molecule has 98 valence electrons. The smallest absolute Gasteiger partial charge is 0.243 e. The summed E-state index contributed by atoms with van der Waals surface area (Å²) < 4.78 is 12.9. The number of hydrogen-bond donors (Lipinski definition) is 3. The van der Waals surface area contributed by atoms with Crippen molar-refractivity contribution in [2.24, 2.45) is 0 Å². The Hall–Kier alpha value is -1.56. The standard InChI is InChI=1S/C12H15FN2O2S/c1-8(16)15-11(7-18)12(17)14-6-9-3-2-4-10(13)5-9/h2-5,11,18H,6-7H2,1H3,(H,14,17)(H,15,16). The average Bonchev–Trinajstić information content (AvgIpc) is 2.33. The maximum atomic E-state index is 12.9. The lowest BCUT2D eigenvalue weighted by Crippen LogP contribution is -2.47. The van der Waals surface area contributed by atoms with Crippen molar-refractivity contribution in [1.82, 2.24) is 10.6 Å². The molecule has 0 spiro atoms. The molecule has 0 aromatic heterocycles. The molecule has 0 radical (unpaired) electrons. The highest BCUT2D eigenvalue weighted by atomic mass is 32.1. The van der Waals surface area contributed by atoms with Gasteiger partial charge in [0.2, 0.25) is 11.8 Å². The van der Waals surface area contributed by atoms with E-state index in [1.807, 2.05) is 0 Å². The first-order valence-corrected chi connectivity index (χ1v) is 6.06. The van der Waals surface area contributed by atoms with Gasteiger partial charge in [0.1, 0.15) is 11.9 Å². The molecule has 4 nitrogen and oxygen atoms in total. The molecule has 0 fully saturated rings. The minimum Gasteiger partial charge on any atom is -0.350 e. The fourth-order valence-electron chi connectivity index (χ4n) is 1.40. The number of thiol groups is 1. The van der Waals surface area contributed by atoms with E-state index >= 15 is 0 Å². The highest BCUT2D eigenvalue weighted by Gasteiger charge is 2.16. The summed E-state index contributed by atoms with van der Waals surface area (Å²) in [6.07, 6.45) is 0. The van der Waals surface area contributed by atoms with Crippen molar-refractivity contribution in [1.29, 1.82) is 0 Å². The van der Waals surface area contributed by atoms with E-state index in [-0.39, 0.29) is 29.9 Å². The molecule has 0 aliphatic heterocycles. The van der Waals surface area contributed by atoms with Crippen molar-refractivity contribution >= 4 is 24.4 Å². The molecule has 1 aromatic carbocycles. The highest BCUT2D eigenvalue weighted by Crippen LogP contribution is 2.03. The van der Waals surface area contributed by atoms with Crippen molar-refractivity contribution < 1.29 is 14.0 Å². The van der Waals surface area contributed by atoms with E-state index in [0.717, 1.165) is 0 Å². The molecule has 0 bridgehead atoms. The molecule has 0 aliphatic carbocycles. The molecule has 0 saturated carbocycles. The summed E-state index contributed by atoms with van der Waals surface area (Å²) in [6.45, 7) is 1.54. The summed E-state index contributed by atoms with van der Waals surface area (Å²) in [6, 6.07) is 5.27. The highest BCUT2D eigenvalue weighted by molar-refractivity contribution is 7.80. The number of amides is 2. The van der Waals surface area contributed by atoms with Gasteiger partial charge in [0, 0.05) is 19.2 Å². The molecule has 18 heavy (non-hydrogen) atoms. The molecule has 0 heterocycles. The van der Waals surface area contributed by atoms with Gasteiger partial charge >= 0.3 is 0 Å². The predicted molar refractivity (Wildman–Crippen MR) is 69.7 cm³/mol. The van der Waals surface area contributed by atoms with Gasteiger partial charge in [-0.15, -0.1) is 0 Å². The summed E-state index contributed by atoms with van der Waals surface area (Å²) in [4.78, 5) is 22.6. The average molecular weight is 270 g/mol. The summed E-state index contributed by atoms with van der Waals surface area (Å²) in [5.74, 6) is -0.789. The first-order valence-electron chi connectivity index (χ1n) is 5.43. The largest absolute Gasteiger partial charge is 0.350 e. The second-order valence-corrected chi connectivity index (χ2v) is 4.15.